The van der Waals surface area contributed by atoms with Crippen LogP contribution in [0.3, 0.4) is 0 Å². The van der Waals surface area contributed by atoms with Gasteiger partial charge in [0.1, 0.15) is 34.0 Å². The Labute approximate surface area is 599 Å². The lowest BCUT2D eigenvalue weighted by Crippen LogP contribution is -2.43. The Morgan fingerprint density at radius 2 is 1.00 bits per heavy atom. The third kappa shape index (κ3) is 18.6. The van der Waals surface area contributed by atoms with Gasteiger partial charge in [-0.25, -0.2) is 29.9 Å². The lowest BCUT2D eigenvalue weighted by Gasteiger charge is -2.39. The first-order chi connectivity index (χ1) is 48.7. The number of nitrogens with one attached hydrogen (secondary N) is 3. The molecule has 0 bridgehead atoms. The third-order valence-corrected chi connectivity index (χ3v) is 23.3. The average molecular weight is 1410 g/mol. The normalized spacial score (nSPS) is 21.5. The summed E-state index contributed by atoms with van der Waals surface area (Å²) >= 11 is 4.55. The van der Waals surface area contributed by atoms with Crippen LogP contribution in [0.15, 0.2) is 79.5 Å². The predicted molar refractivity (Wildman–Crippen MR) is 400 cm³/mol. The van der Waals surface area contributed by atoms with Crippen molar-refractivity contribution in [2.75, 3.05) is 42.1 Å². The van der Waals surface area contributed by atoms with Gasteiger partial charge < -0.3 is 50.3 Å². The minimum atomic E-state index is -0.561. The summed E-state index contributed by atoms with van der Waals surface area (Å²) in [6.45, 7) is 15.1. The number of nitrogens with two attached hydrogens (primary N) is 1. The van der Waals surface area contributed by atoms with Crippen molar-refractivity contribution < 1.29 is 9.90 Å². The topological polar surface area (TPSA) is 273 Å². The molecule has 2 aliphatic heterocycles. The average Bonchev–Trinajstić information content (AvgIpc) is 1.63. The summed E-state index contributed by atoms with van der Waals surface area (Å²) < 4.78 is 19.7. The van der Waals surface area contributed by atoms with Crippen molar-refractivity contribution in [3.8, 4) is 6.07 Å². The van der Waals surface area contributed by atoms with Crippen LogP contribution in [0.25, 0.3) is 33.1 Å². The van der Waals surface area contributed by atoms with E-state index >= 15 is 0 Å². The Balaban J connectivity index is 0.000000134. The molecule has 10 aromatic heterocycles. The van der Waals surface area contributed by atoms with Crippen LogP contribution in [0.2, 0.25) is 0 Å². The number of hydrogen-bond acceptors (Lipinski definition) is 21. The number of unbranched alkanes of at least 4 members (excludes halogenated alkanes) is 1. The van der Waals surface area contributed by atoms with E-state index < -0.39 is 5.60 Å². The maximum Gasteiger partial charge on any atom is 0.219 e. The van der Waals surface area contributed by atoms with E-state index in [1.807, 2.05) is 52.2 Å². The smallest absolute Gasteiger partial charge is 0.219 e. The van der Waals surface area contributed by atoms with E-state index in [0.29, 0.717) is 57.3 Å². The number of fused-ring (bicyclic) bond motifs is 3. The first kappa shape index (κ1) is 70.6. The lowest BCUT2D eigenvalue weighted by molar-refractivity contribution is -0.118. The number of carbonyl (C=O) groups is 1. The van der Waals surface area contributed by atoms with Gasteiger partial charge in [-0.15, -0.1) is 0 Å². The van der Waals surface area contributed by atoms with Gasteiger partial charge in [0.05, 0.1) is 45.3 Å². The zero-order valence-electron chi connectivity index (χ0n) is 58.6. The number of nitriles is 1. The summed E-state index contributed by atoms with van der Waals surface area (Å²) in [5.41, 5.74) is 15.0. The molecule has 5 fully saturated rings. The maximum atomic E-state index is 11.4. The zero-order chi connectivity index (χ0) is 69.0. The second-order valence-corrected chi connectivity index (χ2v) is 31.4. The summed E-state index contributed by atoms with van der Waals surface area (Å²) in [6.07, 6.45) is 34.9. The number of carbonyl (C=O) groups excluding carboxylic acids is 1. The Hall–Kier alpha value is -7.86. The summed E-state index contributed by atoms with van der Waals surface area (Å²) in [5.74, 6) is 4.83. The molecule has 12 heterocycles. The Bertz CT molecular complexity index is 4330. The third-order valence-electron chi connectivity index (χ3n) is 20.7. The number of anilines is 3. The van der Waals surface area contributed by atoms with Crippen LogP contribution in [0, 0.1) is 32.1 Å². The fourth-order valence-electron chi connectivity index (χ4n) is 15.4. The molecular formula is C75H98N20O2S3. The predicted octanol–water partition coefficient (Wildman–Crippen LogP) is 13.5. The lowest BCUT2D eigenvalue weighted by atomic mass is 9.84. The molecule has 3 saturated carbocycles. The van der Waals surface area contributed by atoms with E-state index in [1.54, 1.807) is 6.20 Å². The highest BCUT2D eigenvalue weighted by atomic mass is 32.1. The van der Waals surface area contributed by atoms with Gasteiger partial charge in [-0.1, -0.05) is 18.9 Å². The van der Waals surface area contributed by atoms with Crippen molar-refractivity contribution in [1.82, 2.24) is 71.5 Å². The number of piperidine rings is 2. The molecule has 0 radical (unpaired) electrons. The number of aromatic nitrogens is 13. The van der Waals surface area contributed by atoms with Crippen molar-refractivity contribution >= 4 is 91.1 Å². The molecule has 528 valence electrons. The van der Waals surface area contributed by atoms with Crippen molar-refractivity contribution in [2.24, 2.45) is 5.73 Å². The molecule has 0 atom stereocenters. The van der Waals surface area contributed by atoms with Crippen LogP contribution in [0.5, 0.6) is 0 Å². The molecule has 100 heavy (non-hydrogen) atoms. The standard InChI is InChI=1S/C26H35N7S.C25H35N7OS.C24H28N6OS/c1-19-17-22(34-31-19)18-24-29-23-11-16-33(15-6-3-12-27)25(23)26(30-24)28-20-7-9-21(10-8-20)32-13-4-2-5-14-32;1-17-15-20(34-30-17)16-23-28-21-9-13-32(14-10-22(26)33)24(21)25(29-23)27-18-5-7-19(8-6-18)31-11-3-2-4-12-31;1-16-12-19(32-29-16)13-21-27-20-7-11-30(15-17-4-3-10-25-14-17)22(20)23(28-21)26-18-5-8-24(2,31)9-6-18/h11,16-17,20-21H,2-10,13-15,18H2,1H3,(H,28,29,30);9,13,15,18-19H,2-8,10-12,14,16H2,1H3,(H2,26,33)(H,27,28,29);3-4,7,10-12,14,18,31H,5-6,8-9,13,15H2,1-2H3,(H,26,27,28). The van der Waals surface area contributed by atoms with E-state index in [2.05, 4.69) is 112 Å². The number of rotatable bonds is 22. The molecule has 3 aliphatic carbocycles. The number of pyridine rings is 1. The Morgan fingerprint density at radius 1 is 0.580 bits per heavy atom. The number of aliphatic hydroxyl groups is 1. The maximum absolute atomic E-state index is 11.4. The minimum absolute atomic E-state index is 0.286. The fraction of sp³-hybridized carbons (Fsp3) is 0.547. The molecule has 25 heteroatoms. The molecule has 2 saturated heterocycles. The number of amides is 1. The SMILES string of the molecule is Cc1cc(Cc2nc(NC3CCC(C)(O)CC3)c3c(ccn3Cc3cccnc3)n2)sn1.Cc1cc(Cc2nc(NC3CCC(N4CCCCC4)CC3)c3c(ccn3CCC(N)=O)n2)sn1.Cc1cc(Cc2nc(NC3CCC(N4CCCCC4)CC3)c3c(ccn3CCCC#N)n2)sn1. The first-order valence-electron chi connectivity index (χ1n) is 36.6. The molecular weight excluding hydrogens is 1310 g/mol. The van der Waals surface area contributed by atoms with Crippen molar-refractivity contribution in [2.45, 2.75) is 237 Å². The highest BCUT2D eigenvalue weighted by Crippen LogP contribution is 2.35. The highest BCUT2D eigenvalue weighted by Gasteiger charge is 2.32. The number of nitrogens with zero attached hydrogens (tertiary/aromatic N) is 16. The highest BCUT2D eigenvalue weighted by molar-refractivity contribution is 7.06. The van der Waals surface area contributed by atoms with Gasteiger partial charge in [0, 0.05) is 128 Å². The van der Waals surface area contributed by atoms with Gasteiger partial charge in [0.15, 0.2) is 17.5 Å². The molecule has 0 aromatic carbocycles. The first-order valence-corrected chi connectivity index (χ1v) is 38.9. The molecule has 15 rings (SSSR count). The fourth-order valence-corrected chi connectivity index (χ4v) is 17.6. The van der Waals surface area contributed by atoms with E-state index in [4.69, 9.17) is 40.9 Å². The number of aryl methyl sites for hydroxylation is 5. The van der Waals surface area contributed by atoms with Crippen LogP contribution in [0.1, 0.15) is 197 Å². The zero-order valence-corrected chi connectivity index (χ0v) is 61.1. The number of primary amides is 1. The van der Waals surface area contributed by atoms with Crippen molar-refractivity contribution in [3.05, 3.63) is 134 Å². The van der Waals surface area contributed by atoms with E-state index in [-0.39, 0.29) is 11.9 Å². The number of hydrogen-bond donors (Lipinski definition) is 5. The van der Waals surface area contributed by atoms with Crippen LogP contribution >= 0.6 is 34.6 Å². The molecule has 10 aromatic rings. The van der Waals surface area contributed by atoms with Crippen LogP contribution in [-0.2, 0) is 43.7 Å². The van der Waals surface area contributed by atoms with E-state index in [9.17, 15) is 9.90 Å². The molecule has 0 spiro atoms. The minimum Gasteiger partial charge on any atom is -0.390 e. The number of likely N-dealkylation sites (tertiary alicyclic amines) is 2. The summed E-state index contributed by atoms with van der Waals surface area (Å²) in [5, 5.41) is 30.6. The van der Waals surface area contributed by atoms with Gasteiger partial charge in [0.2, 0.25) is 5.91 Å². The molecule has 0 unspecified atom stereocenters. The molecule has 5 aliphatic rings. The van der Waals surface area contributed by atoms with Crippen LogP contribution in [-0.4, -0.2) is 145 Å². The Kier molecular flexibility index (Phi) is 23.5. The van der Waals surface area contributed by atoms with Crippen LogP contribution < -0.4 is 21.7 Å². The van der Waals surface area contributed by atoms with Crippen molar-refractivity contribution in [1.29, 1.82) is 5.26 Å². The van der Waals surface area contributed by atoms with Gasteiger partial charge >= 0.3 is 0 Å². The second-order valence-electron chi connectivity index (χ2n) is 28.7. The second kappa shape index (κ2) is 33.3. The molecule has 22 nitrogen and oxygen atoms in total. The van der Waals surface area contributed by atoms with Gasteiger partial charge in [-0.2, -0.15) is 18.4 Å². The monoisotopic (exact) mass is 1410 g/mol. The molecule has 6 N–H and O–H groups in total. The van der Waals surface area contributed by atoms with E-state index in [0.717, 1.165) is 164 Å². The van der Waals surface area contributed by atoms with Crippen molar-refractivity contribution in [3.63, 3.8) is 0 Å². The van der Waals surface area contributed by atoms with E-state index in [1.165, 1.54) is 143 Å². The van der Waals surface area contributed by atoms with Gasteiger partial charge in [-0.05, 0) is 246 Å². The van der Waals surface area contributed by atoms with Gasteiger partial charge in [0.25, 0.3) is 0 Å². The quantitative estimate of drug-likeness (QED) is 0.0394. The summed E-state index contributed by atoms with van der Waals surface area (Å²) in [6, 6.07) is 21.4. The van der Waals surface area contributed by atoms with Crippen LogP contribution in [0.4, 0.5) is 17.5 Å². The summed E-state index contributed by atoms with van der Waals surface area (Å²) in [7, 11) is 0. The summed E-state index contributed by atoms with van der Waals surface area (Å²) in [4.78, 5) is 54.2. The Morgan fingerprint density at radius 3 is 1.40 bits per heavy atom. The largest absolute Gasteiger partial charge is 0.390 e. The molecule has 1 amide bonds. The van der Waals surface area contributed by atoms with Gasteiger partial charge in [-0.3, -0.25) is 9.78 Å².